The molecule has 3 N–H and O–H groups in total. The third-order valence-electron chi connectivity index (χ3n) is 2.80. The Morgan fingerprint density at radius 1 is 1.53 bits per heavy atom. The zero-order valence-corrected chi connectivity index (χ0v) is 10.0. The van der Waals surface area contributed by atoms with Gasteiger partial charge in [-0.15, -0.1) is 0 Å². The first-order valence-corrected chi connectivity index (χ1v) is 5.91. The summed E-state index contributed by atoms with van der Waals surface area (Å²) in [6.45, 7) is 2.43. The molecule has 1 saturated carbocycles. The Kier molecular flexibility index (Phi) is 3.64. The van der Waals surface area contributed by atoms with Gasteiger partial charge in [0.25, 0.3) is 5.91 Å². The van der Waals surface area contributed by atoms with Crippen LogP contribution in [0, 0.1) is 6.92 Å². The fourth-order valence-electron chi connectivity index (χ4n) is 1.72. The fourth-order valence-corrected chi connectivity index (χ4v) is 1.72. The third-order valence-corrected chi connectivity index (χ3v) is 2.80. The molecule has 0 bridgehead atoms. The van der Waals surface area contributed by atoms with Gasteiger partial charge in [-0.1, -0.05) is 18.2 Å². The molecule has 1 amide bonds. The van der Waals surface area contributed by atoms with E-state index in [1.165, 1.54) is 0 Å². The lowest BCUT2D eigenvalue weighted by molar-refractivity contribution is -0.123. The van der Waals surface area contributed by atoms with E-state index in [2.05, 4.69) is 5.32 Å². The molecule has 0 saturated heterocycles. The Morgan fingerprint density at radius 2 is 2.29 bits per heavy atom. The summed E-state index contributed by atoms with van der Waals surface area (Å²) in [6, 6.07) is 6.18. The van der Waals surface area contributed by atoms with E-state index in [1.54, 1.807) is 0 Å². The number of carbonyl (C=O) groups excluding carboxylic acids is 1. The highest BCUT2D eigenvalue weighted by molar-refractivity contribution is 5.78. The van der Waals surface area contributed by atoms with Crippen molar-refractivity contribution >= 4 is 5.91 Å². The molecule has 0 unspecified atom stereocenters. The number of nitrogens with one attached hydrogen (secondary N) is 1. The van der Waals surface area contributed by atoms with Crippen LogP contribution >= 0.6 is 0 Å². The molecule has 1 aliphatic rings. The highest BCUT2D eigenvalue weighted by atomic mass is 16.5. The third kappa shape index (κ3) is 3.20. The van der Waals surface area contributed by atoms with Crippen molar-refractivity contribution in [3.05, 3.63) is 29.3 Å². The summed E-state index contributed by atoms with van der Waals surface area (Å²) in [5, 5.41) is 2.89. The lowest BCUT2D eigenvalue weighted by atomic mass is 10.1. The van der Waals surface area contributed by atoms with E-state index >= 15 is 0 Å². The molecular formula is C13H18N2O2. The first-order chi connectivity index (χ1) is 8.20. The summed E-state index contributed by atoms with van der Waals surface area (Å²) in [7, 11) is 0. The molecule has 0 radical (unpaired) electrons. The van der Waals surface area contributed by atoms with Crippen LogP contribution in [0.25, 0.3) is 0 Å². The highest BCUT2D eigenvalue weighted by Gasteiger charge is 2.23. The van der Waals surface area contributed by atoms with Gasteiger partial charge in [-0.2, -0.15) is 0 Å². The molecule has 1 fully saturated rings. The van der Waals surface area contributed by atoms with Crippen LogP contribution in [-0.4, -0.2) is 18.6 Å². The fraction of sp³-hybridized carbons (Fsp3) is 0.462. The SMILES string of the molecule is Cc1cccc(CN)c1OCC(=O)NC1CC1. The van der Waals surface area contributed by atoms with Gasteiger partial charge in [0.15, 0.2) is 6.61 Å². The second kappa shape index (κ2) is 5.19. The standard InChI is InChI=1S/C13H18N2O2/c1-9-3-2-4-10(7-14)13(9)17-8-12(16)15-11-5-6-11/h2-4,11H,5-8,14H2,1H3,(H,15,16). The van der Waals surface area contributed by atoms with E-state index in [0.717, 1.165) is 29.7 Å². The number of hydrogen-bond acceptors (Lipinski definition) is 3. The summed E-state index contributed by atoms with van der Waals surface area (Å²) >= 11 is 0. The van der Waals surface area contributed by atoms with E-state index in [1.807, 2.05) is 25.1 Å². The van der Waals surface area contributed by atoms with E-state index in [0.29, 0.717) is 12.6 Å². The number of carbonyl (C=O) groups is 1. The maximum atomic E-state index is 11.5. The maximum Gasteiger partial charge on any atom is 0.258 e. The molecule has 1 aromatic carbocycles. The van der Waals surface area contributed by atoms with E-state index in [9.17, 15) is 4.79 Å². The lowest BCUT2D eigenvalue weighted by Crippen LogP contribution is -2.30. The summed E-state index contributed by atoms with van der Waals surface area (Å²) in [5.41, 5.74) is 7.58. The van der Waals surface area contributed by atoms with Gasteiger partial charge in [-0.3, -0.25) is 4.79 Å². The van der Waals surface area contributed by atoms with Crippen molar-refractivity contribution in [1.82, 2.24) is 5.32 Å². The number of para-hydroxylation sites is 1. The average molecular weight is 234 g/mol. The van der Waals surface area contributed by atoms with Crippen LogP contribution in [0.5, 0.6) is 5.75 Å². The molecule has 0 spiro atoms. The van der Waals surface area contributed by atoms with Crippen LogP contribution in [0.1, 0.15) is 24.0 Å². The second-order valence-corrected chi connectivity index (χ2v) is 4.40. The summed E-state index contributed by atoms with van der Waals surface area (Å²) in [4.78, 5) is 11.5. The number of amides is 1. The Bertz CT molecular complexity index is 414. The van der Waals surface area contributed by atoms with Crippen LogP contribution in [0.15, 0.2) is 18.2 Å². The summed E-state index contributed by atoms with van der Waals surface area (Å²) in [5.74, 6) is 0.680. The predicted octanol–water partition coefficient (Wildman–Crippen LogP) is 1.11. The van der Waals surface area contributed by atoms with Crippen molar-refractivity contribution < 1.29 is 9.53 Å². The van der Waals surface area contributed by atoms with Gasteiger partial charge in [-0.25, -0.2) is 0 Å². The molecule has 2 rings (SSSR count). The van der Waals surface area contributed by atoms with E-state index in [-0.39, 0.29) is 12.5 Å². The molecular weight excluding hydrogens is 216 g/mol. The van der Waals surface area contributed by atoms with E-state index < -0.39 is 0 Å². The molecule has 1 aliphatic carbocycles. The zero-order valence-electron chi connectivity index (χ0n) is 10.0. The van der Waals surface area contributed by atoms with Crippen LogP contribution in [0.3, 0.4) is 0 Å². The quantitative estimate of drug-likeness (QED) is 0.802. The molecule has 4 nitrogen and oxygen atoms in total. The Morgan fingerprint density at radius 3 is 2.94 bits per heavy atom. The maximum absolute atomic E-state index is 11.5. The van der Waals surface area contributed by atoms with Gasteiger partial charge in [0.2, 0.25) is 0 Å². The topological polar surface area (TPSA) is 64.3 Å². The van der Waals surface area contributed by atoms with Crippen LogP contribution in [0.4, 0.5) is 0 Å². The number of nitrogens with two attached hydrogens (primary N) is 1. The van der Waals surface area contributed by atoms with Crippen molar-refractivity contribution in [2.45, 2.75) is 32.4 Å². The van der Waals surface area contributed by atoms with Crippen molar-refractivity contribution in [2.24, 2.45) is 5.73 Å². The number of rotatable bonds is 5. The number of benzene rings is 1. The lowest BCUT2D eigenvalue weighted by Gasteiger charge is -2.12. The number of hydrogen-bond donors (Lipinski definition) is 2. The first kappa shape index (κ1) is 11.9. The zero-order chi connectivity index (χ0) is 12.3. The van der Waals surface area contributed by atoms with Crippen molar-refractivity contribution in [1.29, 1.82) is 0 Å². The van der Waals surface area contributed by atoms with Gasteiger partial charge in [0.05, 0.1) is 0 Å². The Balaban J connectivity index is 1.94. The number of ether oxygens (including phenoxy) is 1. The molecule has 1 aromatic rings. The summed E-state index contributed by atoms with van der Waals surface area (Å²) in [6.07, 6.45) is 2.17. The van der Waals surface area contributed by atoms with Crippen LogP contribution in [0.2, 0.25) is 0 Å². The highest BCUT2D eigenvalue weighted by Crippen LogP contribution is 2.23. The minimum absolute atomic E-state index is 0.0567. The monoisotopic (exact) mass is 234 g/mol. The predicted molar refractivity (Wildman–Crippen MR) is 65.7 cm³/mol. The molecule has 17 heavy (non-hydrogen) atoms. The number of aryl methyl sites for hydroxylation is 1. The van der Waals surface area contributed by atoms with Crippen molar-refractivity contribution in [3.8, 4) is 5.75 Å². The summed E-state index contributed by atoms with van der Waals surface area (Å²) < 4.78 is 5.56. The molecule has 92 valence electrons. The molecule has 4 heteroatoms. The van der Waals surface area contributed by atoms with Crippen molar-refractivity contribution in [3.63, 3.8) is 0 Å². The van der Waals surface area contributed by atoms with Gasteiger partial charge in [-0.05, 0) is 25.3 Å². The minimum Gasteiger partial charge on any atom is -0.483 e. The second-order valence-electron chi connectivity index (χ2n) is 4.40. The average Bonchev–Trinajstić information content (AvgIpc) is 3.11. The van der Waals surface area contributed by atoms with E-state index in [4.69, 9.17) is 10.5 Å². The normalized spacial score (nSPS) is 14.5. The van der Waals surface area contributed by atoms with Crippen molar-refractivity contribution in [2.75, 3.05) is 6.61 Å². The largest absolute Gasteiger partial charge is 0.483 e. The van der Waals surface area contributed by atoms with Gasteiger partial charge >= 0.3 is 0 Å². The van der Waals surface area contributed by atoms with Crippen LogP contribution < -0.4 is 15.8 Å². The Labute approximate surface area is 101 Å². The smallest absolute Gasteiger partial charge is 0.258 e. The molecule has 0 heterocycles. The molecule has 0 atom stereocenters. The molecule has 0 aliphatic heterocycles. The van der Waals surface area contributed by atoms with Crippen LogP contribution in [-0.2, 0) is 11.3 Å². The first-order valence-electron chi connectivity index (χ1n) is 5.91. The molecule has 0 aromatic heterocycles. The Hall–Kier alpha value is -1.55. The minimum atomic E-state index is -0.0567. The van der Waals surface area contributed by atoms with Gasteiger partial charge in [0.1, 0.15) is 5.75 Å². The van der Waals surface area contributed by atoms with Gasteiger partial charge in [0, 0.05) is 18.2 Å². The van der Waals surface area contributed by atoms with Gasteiger partial charge < -0.3 is 15.8 Å².